The Labute approximate surface area is 145 Å². The molecular weight excluding hydrogens is 330 g/mol. The van der Waals surface area contributed by atoms with Gasteiger partial charge < -0.3 is 15.2 Å². The van der Waals surface area contributed by atoms with Crippen molar-refractivity contribution in [1.29, 1.82) is 0 Å². The van der Waals surface area contributed by atoms with Crippen LogP contribution in [-0.4, -0.2) is 23.6 Å². The SMILES string of the molecule is Cc1ccc(C(=O)OCC(=O)N[C@@H](C)c2cccc(Cl)c2)c(O)c1. The van der Waals surface area contributed by atoms with Crippen LogP contribution in [0.15, 0.2) is 42.5 Å². The van der Waals surface area contributed by atoms with E-state index in [1.807, 2.05) is 6.07 Å². The Hall–Kier alpha value is -2.53. The number of amides is 1. The monoisotopic (exact) mass is 347 g/mol. The van der Waals surface area contributed by atoms with Crippen molar-refractivity contribution in [1.82, 2.24) is 5.32 Å². The Morgan fingerprint density at radius 2 is 2.00 bits per heavy atom. The van der Waals surface area contributed by atoms with Crippen molar-refractivity contribution in [3.8, 4) is 5.75 Å². The van der Waals surface area contributed by atoms with Crippen molar-refractivity contribution >= 4 is 23.5 Å². The molecule has 5 nitrogen and oxygen atoms in total. The van der Waals surface area contributed by atoms with E-state index < -0.39 is 18.5 Å². The average molecular weight is 348 g/mol. The fourth-order valence-corrected chi connectivity index (χ4v) is 2.36. The maximum absolute atomic E-state index is 11.9. The zero-order chi connectivity index (χ0) is 17.7. The van der Waals surface area contributed by atoms with Crippen LogP contribution < -0.4 is 5.32 Å². The second kappa shape index (κ2) is 7.84. The zero-order valence-electron chi connectivity index (χ0n) is 13.4. The van der Waals surface area contributed by atoms with E-state index in [2.05, 4.69) is 5.32 Å². The van der Waals surface area contributed by atoms with Gasteiger partial charge in [-0.25, -0.2) is 4.79 Å². The summed E-state index contributed by atoms with van der Waals surface area (Å²) in [5.74, 6) is -1.37. The van der Waals surface area contributed by atoms with Crippen LogP contribution in [0.25, 0.3) is 0 Å². The Balaban J connectivity index is 1.89. The molecule has 0 bridgehead atoms. The molecule has 0 unspecified atom stereocenters. The number of benzene rings is 2. The lowest BCUT2D eigenvalue weighted by molar-refractivity contribution is -0.124. The summed E-state index contributed by atoms with van der Waals surface area (Å²) in [6.45, 7) is 3.16. The topological polar surface area (TPSA) is 75.6 Å². The molecule has 0 spiro atoms. The fraction of sp³-hybridized carbons (Fsp3) is 0.222. The first-order valence-corrected chi connectivity index (χ1v) is 7.76. The zero-order valence-corrected chi connectivity index (χ0v) is 14.1. The predicted molar refractivity (Wildman–Crippen MR) is 91.1 cm³/mol. The number of hydrogen-bond acceptors (Lipinski definition) is 4. The first-order valence-electron chi connectivity index (χ1n) is 7.38. The predicted octanol–water partition coefficient (Wildman–Crippen LogP) is 3.39. The molecule has 1 atom stereocenters. The lowest BCUT2D eigenvalue weighted by atomic mass is 10.1. The Morgan fingerprint density at radius 3 is 2.67 bits per heavy atom. The number of esters is 1. The van der Waals surface area contributed by atoms with Gasteiger partial charge in [0.15, 0.2) is 6.61 Å². The normalized spacial score (nSPS) is 11.6. The van der Waals surface area contributed by atoms with Crippen molar-refractivity contribution in [2.24, 2.45) is 0 Å². The van der Waals surface area contributed by atoms with Gasteiger partial charge in [0.05, 0.1) is 6.04 Å². The molecular formula is C18H18ClNO4. The Morgan fingerprint density at radius 1 is 1.25 bits per heavy atom. The Kier molecular flexibility index (Phi) is 5.82. The first-order chi connectivity index (χ1) is 11.4. The number of aryl methyl sites for hydroxylation is 1. The molecule has 0 fully saturated rings. The number of carbonyl (C=O) groups excluding carboxylic acids is 2. The summed E-state index contributed by atoms with van der Waals surface area (Å²) in [6, 6.07) is 11.4. The molecule has 0 heterocycles. The summed E-state index contributed by atoms with van der Waals surface area (Å²) in [6.07, 6.45) is 0. The van der Waals surface area contributed by atoms with Gasteiger partial charge in [-0.3, -0.25) is 4.79 Å². The minimum Gasteiger partial charge on any atom is -0.507 e. The minimum atomic E-state index is -0.752. The van der Waals surface area contributed by atoms with Gasteiger partial charge in [-0.15, -0.1) is 0 Å². The number of nitrogens with one attached hydrogen (secondary N) is 1. The smallest absolute Gasteiger partial charge is 0.342 e. The molecule has 2 aromatic carbocycles. The van der Waals surface area contributed by atoms with Crippen LogP contribution in [0.3, 0.4) is 0 Å². The molecule has 24 heavy (non-hydrogen) atoms. The second-order valence-corrected chi connectivity index (χ2v) is 5.88. The summed E-state index contributed by atoms with van der Waals surface area (Å²) in [5.41, 5.74) is 1.69. The number of hydrogen-bond donors (Lipinski definition) is 2. The molecule has 126 valence electrons. The summed E-state index contributed by atoms with van der Waals surface area (Å²) < 4.78 is 4.93. The van der Waals surface area contributed by atoms with Crippen LogP contribution in [0.4, 0.5) is 0 Å². The van der Waals surface area contributed by atoms with Crippen LogP contribution in [0.5, 0.6) is 5.75 Å². The molecule has 6 heteroatoms. The number of phenolic OH excluding ortho intramolecular Hbond substituents is 1. The summed E-state index contributed by atoms with van der Waals surface area (Å²) >= 11 is 5.92. The van der Waals surface area contributed by atoms with Crippen molar-refractivity contribution in [3.05, 3.63) is 64.2 Å². The van der Waals surface area contributed by atoms with Gasteiger partial charge in [0.25, 0.3) is 5.91 Å². The number of halogens is 1. The van der Waals surface area contributed by atoms with Crippen molar-refractivity contribution < 1.29 is 19.4 Å². The van der Waals surface area contributed by atoms with Gasteiger partial charge in [0.1, 0.15) is 11.3 Å². The molecule has 0 aliphatic heterocycles. The molecule has 2 N–H and O–H groups in total. The van der Waals surface area contributed by atoms with Gasteiger partial charge in [-0.2, -0.15) is 0 Å². The first kappa shape index (κ1) is 17.8. The van der Waals surface area contributed by atoms with Crippen LogP contribution >= 0.6 is 11.6 Å². The van der Waals surface area contributed by atoms with Crippen LogP contribution in [0.1, 0.15) is 34.5 Å². The maximum atomic E-state index is 11.9. The molecule has 2 aromatic rings. The van der Waals surface area contributed by atoms with E-state index >= 15 is 0 Å². The lowest BCUT2D eigenvalue weighted by Gasteiger charge is -2.14. The lowest BCUT2D eigenvalue weighted by Crippen LogP contribution is -2.31. The van der Waals surface area contributed by atoms with Gasteiger partial charge in [-0.1, -0.05) is 29.8 Å². The van der Waals surface area contributed by atoms with Crippen molar-refractivity contribution in [2.45, 2.75) is 19.9 Å². The molecule has 0 saturated heterocycles. The highest BCUT2D eigenvalue weighted by Gasteiger charge is 2.16. The largest absolute Gasteiger partial charge is 0.507 e. The van der Waals surface area contributed by atoms with Gasteiger partial charge in [-0.05, 0) is 49.2 Å². The van der Waals surface area contributed by atoms with Gasteiger partial charge in [0.2, 0.25) is 0 Å². The number of phenols is 1. The minimum absolute atomic E-state index is 0.0243. The maximum Gasteiger partial charge on any atom is 0.342 e. The van der Waals surface area contributed by atoms with E-state index in [0.717, 1.165) is 11.1 Å². The van der Waals surface area contributed by atoms with Crippen LogP contribution in [0, 0.1) is 6.92 Å². The van der Waals surface area contributed by atoms with E-state index in [9.17, 15) is 14.7 Å². The van der Waals surface area contributed by atoms with Crippen molar-refractivity contribution in [3.63, 3.8) is 0 Å². The Bertz CT molecular complexity index is 760. The third-order valence-electron chi connectivity index (χ3n) is 3.43. The van der Waals surface area contributed by atoms with Crippen LogP contribution in [-0.2, 0) is 9.53 Å². The summed E-state index contributed by atoms with van der Waals surface area (Å²) in [5, 5.41) is 13.0. The van der Waals surface area contributed by atoms with Crippen LogP contribution in [0.2, 0.25) is 5.02 Å². The van der Waals surface area contributed by atoms with E-state index in [4.69, 9.17) is 16.3 Å². The number of carbonyl (C=O) groups is 2. The van der Waals surface area contributed by atoms with E-state index in [1.165, 1.54) is 12.1 Å². The highest BCUT2D eigenvalue weighted by molar-refractivity contribution is 6.30. The second-order valence-electron chi connectivity index (χ2n) is 5.44. The third kappa shape index (κ3) is 4.73. The molecule has 0 aromatic heterocycles. The van der Waals surface area contributed by atoms with E-state index in [0.29, 0.717) is 5.02 Å². The molecule has 0 aliphatic carbocycles. The quantitative estimate of drug-likeness (QED) is 0.813. The average Bonchev–Trinajstić information content (AvgIpc) is 2.52. The third-order valence-corrected chi connectivity index (χ3v) is 3.67. The number of aromatic hydroxyl groups is 1. The summed E-state index contributed by atoms with van der Waals surface area (Å²) in [7, 11) is 0. The van der Waals surface area contributed by atoms with E-state index in [1.54, 1.807) is 38.1 Å². The molecule has 1 amide bonds. The molecule has 0 aliphatic rings. The van der Waals surface area contributed by atoms with Gasteiger partial charge >= 0.3 is 5.97 Å². The highest BCUT2D eigenvalue weighted by atomic mass is 35.5. The molecule has 0 saturated carbocycles. The fourth-order valence-electron chi connectivity index (χ4n) is 2.17. The summed E-state index contributed by atoms with van der Waals surface area (Å²) in [4.78, 5) is 23.8. The molecule has 2 rings (SSSR count). The standard InChI is InChI=1S/C18H18ClNO4/c1-11-6-7-15(16(21)8-11)18(23)24-10-17(22)20-12(2)13-4-3-5-14(19)9-13/h3-9,12,21H,10H2,1-2H3,(H,20,22)/t12-/m0/s1. The van der Waals surface area contributed by atoms with Gasteiger partial charge in [0, 0.05) is 5.02 Å². The number of ether oxygens (including phenoxy) is 1. The van der Waals surface area contributed by atoms with Crippen molar-refractivity contribution in [2.75, 3.05) is 6.61 Å². The molecule has 0 radical (unpaired) electrons. The number of rotatable bonds is 5. The highest BCUT2D eigenvalue weighted by Crippen LogP contribution is 2.19. The van der Waals surface area contributed by atoms with E-state index in [-0.39, 0.29) is 17.4 Å².